The van der Waals surface area contributed by atoms with Crippen LogP contribution in [0.4, 0.5) is 0 Å². The van der Waals surface area contributed by atoms with Gasteiger partial charge >= 0.3 is 5.97 Å². The quantitative estimate of drug-likeness (QED) is 0.718. The summed E-state index contributed by atoms with van der Waals surface area (Å²) in [7, 11) is 1.47. The second-order valence-corrected chi connectivity index (χ2v) is 5.00. The number of aliphatic carboxylic acids is 1. The maximum atomic E-state index is 12.3. The predicted molar refractivity (Wildman–Crippen MR) is 61.5 cm³/mol. The van der Waals surface area contributed by atoms with E-state index in [9.17, 15) is 9.59 Å². The minimum Gasteiger partial charge on any atom is -0.480 e. The molecule has 1 saturated heterocycles. The monoisotopic (exact) mass is 244 g/mol. The van der Waals surface area contributed by atoms with Crippen LogP contribution in [-0.2, 0) is 14.3 Å². The summed E-state index contributed by atoms with van der Waals surface area (Å²) in [4.78, 5) is 24.6. The fraction of sp³-hybridized carbons (Fsp3) is 0.818. The minimum absolute atomic E-state index is 0.340. The second kappa shape index (κ2) is 4.62. The van der Waals surface area contributed by atoms with Gasteiger partial charge in [0.25, 0.3) is 0 Å². The third-order valence-electron chi connectivity index (χ3n) is 3.48. The Balaban J connectivity index is 2.85. The smallest absolute Gasteiger partial charge is 0.329 e. The molecule has 6 heteroatoms. The molecule has 0 bridgehead atoms. The topological polar surface area (TPSA) is 92.9 Å². The van der Waals surface area contributed by atoms with E-state index in [1.807, 2.05) is 0 Å². The van der Waals surface area contributed by atoms with Gasteiger partial charge in [0.05, 0.1) is 5.54 Å². The van der Waals surface area contributed by atoms with Gasteiger partial charge in [-0.15, -0.1) is 0 Å². The lowest BCUT2D eigenvalue weighted by Crippen LogP contribution is -2.62. The molecule has 0 unspecified atom stereocenters. The number of carbonyl (C=O) groups excluding carboxylic acids is 1. The number of rotatable bonds is 3. The standard InChI is InChI=1S/C11H20N2O4/c1-10(2,9(15)16)13(3)8(14)11(12)4-6-17-7-5-11/h4-7,12H2,1-3H3,(H,15,16). The third kappa shape index (κ3) is 2.58. The highest BCUT2D eigenvalue weighted by molar-refractivity contribution is 5.91. The van der Waals surface area contributed by atoms with E-state index in [1.165, 1.54) is 25.8 Å². The number of amides is 1. The van der Waals surface area contributed by atoms with Gasteiger partial charge in [-0.2, -0.15) is 0 Å². The van der Waals surface area contributed by atoms with Gasteiger partial charge < -0.3 is 20.5 Å². The molecule has 17 heavy (non-hydrogen) atoms. The van der Waals surface area contributed by atoms with Crippen molar-refractivity contribution in [3.63, 3.8) is 0 Å². The maximum absolute atomic E-state index is 12.3. The first kappa shape index (κ1) is 13.9. The predicted octanol–water partition coefficient (Wildman–Crippen LogP) is -0.184. The minimum atomic E-state index is -1.26. The van der Waals surface area contributed by atoms with Crippen molar-refractivity contribution in [3.8, 4) is 0 Å². The number of ether oxygens (including phenoxy) is 1. The van der Waals surface area contributed by atoms with Crippen LogP contribution in [0.2, 0.25) is 0 Å². The summed E-state index contributed by atoms with van der Waals surface area (Å²) < 4.78 is 5.16. The van der Waals surface area contributed by atoms with Gasteiger partial charge in [0, 0.05) is 20.3 Å². The van der Waals surface area contributed by atoms with Crippen LogP contribution in [0.15, 0.2) is 0 Å². The van der Waals surface area contributed by atoms with Gasteiger partial charge in [0.15, 0.2) is 0 Å². The number of carbonyl (C=O) groups is 2. The fourth-order valence-electron chi connectivity index (χ4n) is 1.68. The Morgan fingerprint density at radius 1 is 1.35 bits per heavy atom. The van der Waals surface area contributed by atoms with Crippen molar-refractivity contribution in [1.82, 2.24) is 4.90 Å². The lowest BCUT2D eigenvalue weighted by atomic mass is 9.88. The number of nitrogens with two attached hydrogens (primary N) is 1. The van der Waals surface area contributed by atoms with Crippen LogP contribution >= 0.6 is 0 Å². The van der Waals surface area contributed by atoms with E-state index < -0.39 is 17.0 Å². The molecular weight excluding hydrogens is 224 g/mol. The summed E-state index contributed by atoms with van der Waals surface area (Å²) in [6.07, 6.45) is 0.845. The van der Waals surface area contributed by atoms with Gasteiger partial charge in [-0.1, -0.05) is 0 Å². The summed E-state index contributed by atoms with van der Waals surface area (Å²) >= 11 is 0. The molecule has 0 aliphatic carbocycles. The second-order valence-electron chi connectivity index (χ2n) is 5.00. The lowest BCUT2D eigenvalue weighted by molar-refractivity contribution is -0.159. The molecule has 1 rings (SSSR count). The van der Waals surface area contributed by atoms with Crippen LogP contribution in [0.1, 0.15) is 26.7 Å². The van der Waals surface area contributed by atoms with E-state index in [0.29, 0.717) is 26.1 Å². The zero-order valence-corrected chi connectivity index (χ0v) is 10.5. The molecule has 1 amide bonds. The van der Waals surface area contributed by atoms with Crippen LogP contribution in [0.25, 0.3) is 0 Å². The van der Waals surface area contributed by atoms with Gasteiger partial charge in [-0.3, -0.25) is 4.79 Å². The van der Waals surface area contributed by atoms with Crippen molar-refractivity contribution in [1.29, 1.82) is 0 Å². The fourth-order valence-corrected chi connectivity index (χ4v) is 1.68. The normalized spacial score (nSPS) is 19.8. The Morgan fingerprint density at radius 3 is 2.24 bits per heavy atom. The van der Waals surface area contributed by atoms with E-state index in [1.54, 1.807) is 0 Å². The molecular formula is C11H20N2O4. The van der Waals surface area contributed by atoms with Crippen molar-refractivity contribution in [3.05, 3.63) is 0 Å². The first-order valence-corrected chi connectivity index (χ1v) is 5.60. The van der Waals surface area contributed by atoms with E-state index >= 15 is 0 Å². The molecule has 0 radical (unpaired) electrons. The molecule has 1 aliphatic rings. The Morgan fingerprint density at radius 2 is 1.82 bits per heavy atom. The summed E-state index contributed by atoms with van der Waals surface area (Å²) in [5.74, 6) is -1.39. The zero-order chi connectivity index (χ0) is 13.3. The van der Waals surface area contributed by atoms with Crippen molar-refractivity contribution >= 4 is 11.9 Å². The molecule has 1 heterocycles. The molecule has 0 atom stereocenters. The number of likely N-dealkylation sites (N-methyl/N-ethyl adjacent to an activating group) is 1. The Hall–Kier alpha value is -1.14. The number of carboxylic acid groups (broad SMARTS) is 1. The number of carboxylic acids is 1. The molecule has 3 N–H and O–H groups in total. The van der Waals surface area contributed by atoms with Crippen LogP contribution < -0.4 is 5.73 Å². The van der Waals surface area contributed by atoms with E-state index in [0.717, 1.165) is 0 Å². The Kier molecular flexibility index (Phi) is 3.78. The van der Waals surface area contributed by atoms with Gasteiger partial charge in [0.2, 0.25) is 5.91 Å². The van der Waals surface area contributed by atoms with E-state index in [2.05, 4.69) is 0 Å². The molecule has 98 valence electrons. The van der Waals surface area contributed by atoms with Crippen LogP contribution in [0.5, 0.6) is 0 Å². The van der Waals surface area contributed by atoms with Crippen molar-refractivity contribution < 1.29 is 19.4 Å². The van der Waals surface area contributed by atoms with Crippen LogP contribution in [0, 0.1) is 0 Å². The average molecular weight is 244 g/mol. The molecule has 0 aromatic heterocycles. The lowest BCUT2D eigenvalue weighted by Gasteiger charge is -2.40. The van der Waals surface area contributed by atoms with Gasteiger partial charge in [-0.05, 0) is 26.7 Å². The first-order chi connectivity index (χ1) is 7.72. The van der Waals surface area contributed by atoms with Crippen molar-refractivity contribution in [2.24, 2.45) is 5.73 Å². The highest BCUT2D eigenvalue weighted by atomic mass is 16.5. The molecule has 6 nitrogen and oxygen atoms in total. The Labute approximate surface area is 101 Å². The summed E-state index contributed by atoms with van der Waals surface area (Å²) in [6.45, 7) is 3.83. The number of nitrogens with zero attached hydrogens (tertiary/aromatic N) is 1. The van der Waals surface area contributed by atoms with Crippen molar-refractivity contribution in [2.45, 2.75) is 37.8 Å². The van der Waals surface area contributed by atoms with Crippen LogP contribution in [-0.4, -0.2) is 53.2 Å². The molecule has 0 spiro atoms. The van der Waals surface area contributed by atoms with E-state index in [-0.39, 0.29) is 5.91 Å². The largest absolute Gasteiger partial charge is 0.480 e. The highest BCUT2D eigenvalue weighted by Crippen LogP contribution is 2.24. The first-order valence-electron chi connectivity index (χ1n) is 5.60. The SMILES string of the molecule is CN(C(=O)C1(N)CCOCC1)C(C)(C)C(=O)O. The molecule has 0 aromatic carbocycles. The maximum Gasteiger partial charge on any atom is 0.329 e. The summed E-state index contributed by atoms with van der Waals surface area (Å²) in [5.41, 5.74) is 3.77. The molecule has 0 saturated carbocycles. The van der Waals surface area contributed by atoms with Crippen molar-refractivity contribution in [2.75, 3.05) is 20.3 Å². The molecule has 0 aromatic rings. The van der Waals surface area contributed by atoms with Gasteiger partial charge in [0.1, 0.15) is 5.54 Å². The van der Waals surface area contributed by atoms with Crippen LogP contribution in [0.3, 0.4) is 0 Å². The van der Waals surface area contributed by atoms with E-state index in [4.69, 9.17) is 15.6 Å². The summed E-state index contributed by atoms with van der Waals surface area (Å²) in [6, 6.07) is 0. The molecule has 1 fully saturated rings. The number of hydrogen-bond acceptors (Lipinski definition) is 4. The zero-order valence-electron chi connectivity index (χ0n) is 10.5. The third-order valence-corrected chi connectivity index (χ3v) is 3.48. The highest BCUT2D eigenvalue weighted by Gasteiger charge is 2.44. The summed E-state index contributed by atoms with van der Waals surface area (Å²) in [5, 5.41) is 9.08. The Bertz CT molecular complexity index is 321. The number of hydrogen-bond donors (Lipinski definition) is 2. The average Bonchev–Trinajstić information content (AvgIpc) is 2.27. The molecule has 1 aliphatic heterocycles. The van der Waals surface area contributed by atoms with Gasteiger partial charge in [-0.25, -0.2) is 4.79 Å².